The molecule has 4 nitrogen and oxygen atoms in total. The molecular formula is C58H42N4. The zero-order chi connectivity index (χ0) is 41.0. The van der Waals surface area contributed by atoms with Crippen molar-refractivity contribution in [2.45, 2.75) is 17.7 Å². The fourth-order valence-electron chi connectivity index (χ4n) is 10.2. The van der Waals surface area contributed by atoms with Crippen molar-refractivity contribution < 1.29 is 0 Å². The van der Waals surface area contributed by atoms with E-state index in [0.717, 1.165) is 33.8 Å². The Hall–Kier alpha value is -7.79. The summed E-state index contributed by atoms with van der Waals surface area (Å²) in [6, 6.07) is 83.7. The molecule has 4 heteroatoms. The lowest BCUT2D eigenvalue weighted by atomic mass is 9.64. The largest absolute Gasteiger partial charge is 0.350 e. The molecule has 12 rings (SSSR count). The minimum atomic E-state index is -0.521. The highest BCUT2D eigenvalue weighted by Crippen LogP contribution is 2.63. The Morgan fingerprint density at radius 2 is 0.903 bits per heavy atom. The van der Waals surface area contributed by atoms with E-state index in [-0.39, 0.29) is 12.3 Å². The maximum atomic E-state index is 5.27. The fourth-order valence-corrected chi connectivity index (χ4v) is 10.2. The molecule has 294 valence electrons. The van der Waals surface area contributed by atoms with Crippen molar-refractivity contribution in [2.24, 2.45) is 4.99 Å². The maximum absolute atomic E-state index is 5.27. The number of benzene rings is 9. The van der Waals surface area contributed by atoms with E-state index >= 15 is 0 Å². The highest BCUT2D eigenvalue weighted by atomic mass is 15.3. The number of amidine groups is 1. The van der Waals surface area contributed by atoms with E-state index < -0.39 is 5.41 Å². The van der Waals surface area contributed by atoms with Crippen LogP contribution in [0.4, 0.5) is 17.1 Å². The SMILES string of the molecule is c1ccc(C2=NC(c3cccc(-c4ccccc4)c3)NC(c3cccc(-c4ccc5c(c4)C4(c6ccccc6-5)c5ccccc5N(c5ccccc5)c5ccccc54)c3)N2)cc1. The van der Waals surface area contributed by atoms with Gasteiger partial charge in [0, 0.05) is 11.3 Å². The average molecular weight is 795 g/mol. The smallest absolute Gasteiger partial charge is 0.131 e. The first-order valence-corrected chi connectivity index (χ1v) is 21.4. The molecule has 0 radical (unpaired) electrons. The van der Waals surface area contributed by atoms with Gasteiger partial charge in [0.05, 0.1) is 16.8 Å². The van der Waals surface area contributed by atoms with Crippen molar-refractivity contribution in [2.75, 3.05) is 4.90 Å². The molecule has 0 bridgehead atoms. The van der Waals surface area contributed by atoms with Gasteiger partial charge in [-0.2, -0.15) is 0 Å². The lowest BCUT2D eigenvalue weighted by Gasteiger charge is -2.45. The summed E-state index contributed by atoms with van der Waals surface area (Å²) in [5.41, 5.74) is 18.8. The Labute approximate surface area is 362 Å². The molecule has 1 aliphatic carbocycles. The molecule has 0 saturated carbocycles. The van der Waals surface area contributed by atoms with Gasteiger partial charge in [-0.05, 0) is 109 Å². The summed E-state index contributed by atoms with van der Waals surface area (Å²) < 4.78 is 0. The Kier molecular flexibility index (Phi) is 8.58. The molecule has 9 aromatic carbocycles. The number of rotatable bonds is 6. The number of nitrogens with zero attached hydrogens (tertiary/aromatic N) is 2. The first-order chi connectivity index (χ1) is 30.7. The topological polar surface area (TPSA) is 39.7 Å². The maximum Gasteiger partial charge on any atom is 0.131 e. The van der Waals surface area contributed by atoms with Gasteiger partial charge in [-0.3, -0.25) is 5.32 Å². The molecular weight excluding hydrogens is 753 g/mol. The van der Waals surface area contributed by atoms with Gasteiger partial charge in [-0.25, -0.2) is 4.99 Å². The third kappa shape index (κ3) is 5.76. The normalized spacial score (nSPS) is 16.6. The van der Waals surface area contributed by atoms with Crippen LogP contribution in [0.1, 0.15) is 51.3 Å². The Morgan fingerprint density at radius 3 is 1.61 bits per heavy atom. The predicted molar refractivity (Wildman–Crippen MR) is 254 cm³/mol. The van der Waals surface area contributed by atoms with Gasteiger partial charge in [0.1, 0.15) is 18.2 Å². The molecule has 3 aliphatic rings. The summed E-state index contributed by atoms with van der Waals surface area (Å²) in [5, 5.41) is 7.66. The van der Waals surface area contributed by atoms with Crippen LogP contribution in [-0.4, -0.2) is 5.84 Å². The fraction of sp³-hybridized carbons (Fsp3) is 0.0517. The zero-order valence-electron chi connectivity index (χ0n) is 34.0. The Morgan fingerprint density at radius 1 is 0.387 bits per heavy atom. The number of para-hydroxylation sites is 3. The molecule has 2 unspecified atom stereocenters. The Bertz CT molecular complexity index is 3110. The summed E-state index contributed by atoms with van der Waals surface area (Å²) in [5.74, 6) is 0.867. The number of nitrogens with one attached hydrogen (secondary N) is 2. The third-order valence-corrected chi connectivity index (χ3v) is 12.9. The van der Waals surface area contributed by atoms with E-state index in [1.807, 2.05) is 0 Å². The minimum Gasteiger partial charge on any atom is -0.350 e. The number of aliphatic imine (C=N–C) groups is 1. The van der Waals surface area contributed by atoms with E-state index in [0.29, 0.717) is 0 Å². The Balaban J connectivity index is 0.978. The summed E-state index contributed by atoms with van der Waals surface area (Å²) >= 11 is 0. The van der Waals surface area contributed by atoms with Crippen LogP contribution in [0.15, 0.2) is 236 Å². The third-order valence-electron chi connectivity index (χ3n) is 12.9. The second-order valence-corrected chi connectivity index (χ2v) is 16.4. The summed E-state index contributed by atoms with van der Waals surface area (Å²) in [7, 11) is 0. The van der Waals surface area contributed by atoms with E-state index in [9.17, 15) is 0 Å². The molecule has 0 aromatic heterocycles. The van der Waals surface area contributed by atoms with Crippen molar-refractivity contribution in [3.05, 3.63) is 269 Å². The van der Waals surface area contributed by atoms with Crippen molar-refractivity contribution >= 4 is 22.9 Å². The molecule has 2 atom stereocenters. The molecule has 0 fully saturated rings. The first kappa shape index (κ1) is 36.1. The number of hydrogen-bond donors (Lipinski definition) is 2. The first-order valence-electron chi connectivity index (χ1n) is 21.4. The number of anilines is 3. The van der Waals surface area contributed by atoms with Crippen LogP contribution in [0.2, 0.25) is 0 Å². The van der Waals surface area contributed by atoms with Gasteiger partial charge in [-0.15, -0.1) is 0 Å². The molecule has 62 heavy (non-hydrogen) atoms. The molecule has 1 spiro atoms. The molecule has 2 N–H and O–H groups in total. The second-order valence-electron chi connectivity index (χ2n) is 16.4. The zero-order valence-corrected chi connectivity index (χ0v) is 34.0. The van der Waals surface area contributed by atoms with Gasteiger partial charge in [-0.1, -0.05) is 188 Å². The molecule has 2 heterocycles. The second kappa shape index (κ2) is 14.7. The van der Waals surface area contributed by atoms with E-state index in [4.69, 9.17) is 4.99 Å². The molecule has 9 aromatic rings. The van der Waals surface area contributed by atoms with Crippen LogP contribution in [-0.2, 0) is 5.41 Å². The number of fused-ring (bicyclic) bond motifs is 9. The number of hydrogen-bond acceptors (Lipinski definition) is 4. The highest BCUT2D eigenvalue weighted by molar-refractivity contribution is 6.00. The lowest BCUT2D eigenvalue weighted by molar-refractivity contribution is 0.409. The van der Waals surface area contributed by atoms with Crippen molar-refractivity contribution in [1.82, 2.24) is 10.6 Å². The molecule has 0 amide bonds. The van der Waals surface area contributed by atoms with Gasteiger partial charge in [0.25, 0.3) is 0 Å². The van der Waals surface area contributed by atoms with Crippen LogP contribution in [0.3, 0.4) is 0 Å². The molecule has 0 saturated heterocycles. The monoisotopic (exact) mass is 794 g/mol. The minimum absolute atomic E-state index is 0.195. The van der Waals surface area contributed by atoms with Crippen molar-refractivity contribution in [3.8, 4) is 33.4 Å². The van der Waals surface area contributed by atoms with Crippen LogP contribution in [0, 0.1) is 0 Å². The predicted octanol–water partition coefficient (Wildman–Crippen LogP) is 13.5. The van der Waals surface area contributed by atoms with E-state index in [2.05, 4.69) is 246 Å². The van der Waals surface area contributed by atoms with Crippen LogP contribution in [0.5, 0.6) is 0 Å². The van der Waals surface area contributed by atoms with Crippen LogP contribution < -0.4 is 15.5 Å². The lowest BCUT2D eigenvalue weighted by Crippen LogP contribution is -2.44. The summed E-state index contributed by atoms with van der Waals surface area (Å²) in [4.78, 5) is 7.71. The van der Waals surface area contributed by atoms with E-state index in [1.54, 1.807) is 0 Å². The van der Waals surface area contributed by atoms with Crippen LogP contribution in [0.25, 0.3) is 33.4 Å². The average Bonchev–Trinajstić information content (AvgIpc) is 3.65. The van der Waals surface area contributed by atoms with E-state index in [1.165, 1.54) is 61.4 Å². The van der Waals surface area contributed by atoms with Crippen LogP contribution >= 0.6 is 0 Å². The highest BCUT2D eigenvalue weighted by Gasteiger charge is 2.51. The standard InChI is InChI=1S/C58H42N4/c1-4-18-39(19-5-1)41-22-16-24-44(36-41)56-59-55(40-20-6-2-7-21-40)60-57(61-56)45-25-17-23-42(37-45)43-34-35-48-47-28-10-11-29-49(47)58(52(48)38-43)50-30-12-14-32-53(50)62(46-26-8-3-9-27-46)54-33-15-13-31-51(54)58/h1-38,56-57,61H,(H,59,60). The van der Waals surface area contributed by atoms with Crippen molar-refractivity contribution in [3.63, 3.8) is 0 Å². The van der Waals surface area contributed by atoms with Crippen molar-refractivity contribution in [1.29, 1.82) is 0 Å². The van der Waals surface area contributed by atoms with Gasteiger partial charge in [0.15, 0.2) is 0 Å². The quantitative estimate of drug-likeness (QED) is 0.176. The van der Waals surface area contributed by atoms with Gasteiger partial charge >= 0.3 is 0 Å². The van der Waals surface area contributed by atoms with Gasteiger partial charge in [0.2, 0.25) is 0 Å². The summed E-state index contributed by atoms with van der Waals surface area (Å²) in [6.07, 6.45) is -0.455. The molecule has 2 aliphatic heterocycles. The van der Waals surface area contributed by atoms with Gasteiger partial charge < -0.3 is 10.2 Å². The summed E-state index contributed by atoms with van der Waals surface area (Å²) in [6.45, 7) is 0.